The fourth-order valence-corrected chi connectivity index (χ4v) is 5.67. The Labute approximate surface area is 204 Å². The Kier molecular flexibility index (Phi) is 7.91. The van der Waals surface area contributed by atoms with Crippen molar-refractivity contribution in [3.63, 3.8) is 0 Å². The van der Waals surface area contributed by atoms with E-state index in [0.717, 1.165) is 63.7 Å². The summed E-state index contributed by atoms with van der Waals surface area (Å²) in [6, 6.07) is 20.8. The van der Waals surface area contributed by atoms with Gasteiger partial charge in [-0.1, -0.05) is 75.2 Å². The van der Waals surface area contributed by atoms with E-state index >= 15 is 0 Å². The van der Waals surface area contributed by atoms with E-state index in [1.54, 1.807) is 4.90 Å². The van der Waals surface area contributed by atoms with E-state index in [2.05, 4.69) is 61.2 Å². The lowest BCUT2D eigenvalue weighted by atomic mass is 9.87. The number of anilines is 1. The number of carbonyl (C=O) groups excluding carboxylic acids is 2. The molecule has 1 unspecified atom stereocenters. The van der Waals surface area contributed by atoms with Crippen molar-refractivity contribution in [2.75, 3.05) is 31.2 Å². The molecular formula is C29H39N3O2. The van der Waals surface area contributed by atoms with Crippen molar-refractivity contribution in [1.29, 1.82) is 0 Å². The number of hydrogen-bond donors (Lipinski definition) is 0. The summed E-state index contributed by atoms with van der Waals surface area (Å²) in [6.07, 6.45) is 6.75. The third-order valence-corrected chi connectivity index (χ3v) is 7.77. The Morgan fingerprint density at radius 3 is 2.24 bits per heavy atom. The summed E-state index contributed by atoms with van der Waals surface area (Å²) in [4.78, 5) is 33.0. The molecule has 2 aliphatic heterocycles. The summed E-state index contributed by atoms with van der Waals surface area (Å²) in [5.41, 5.74) is 1.88. The van der Waals surface area contributed by atoms with E-state index < -0.39 is 5.54 Å². The van der Waals surface area contributed by atoms with Gasteiger partial charge in [-0.05, 0) is 55.7 Å². The summed E-state index contributed by atoms with van der Waals surface area (Å²) < 4.78 is 0. The van der Waals surface area contributed by atoms with E-state index in [-0.39, 0.29) is 18.4 Å². The summed E-state index contributed by atoms with van der Waals surface area (Å²) >= 11 is 0. The van der Waals surface area contributed by atoms with Gasteiger partial charge in [0.25, 0.3) is 0 Å². The third kappa shape index (κ3) is 5.13. The number of rotatable bonds is 9. The first-order valence-electron chi connectivity index (χ1n) is 13.0. The second kappa shape index (κ2) is 11.1. The van der Waals surface area contributed by atoms with Crippen LogP contribution in [0, 0.1) is 5.92 Å². The van der Waals surface area contributed by atoms with Gasteiger partial charge in [0.1, 0.15) is 12.1 Å². The summed E-state index contributed by atoms with van der Waals surface area (Å²) in [6.45, 7) is 6.51. The van der Waals surface area contributed by atoms with Crippen molar-refractivity contribution in [2.45, 2.75) is 64.3 Å². The number of para-hydroxylation sites is 1. The molecule has 4 rings (SSSR count). The van der Waals surface area contributed by atoms with Gasteiger partial charge in [-0.3, -0.25) is 9.59 Å². The van der Waals surface area contributed by atoms with Crippen LogP contribution in [0.4, 0.5) is 5.69 Å². The number of benzene rings is 2. The zero-order chi connectivity index (χ0) is 24.0. The molecule has 2 fully saturated rings. The van der Waals surface area contributed by atoms with Gasteiger partial charge in [-0.25, -0.2) is 0 Å². The lowest BCUT2D eigenvalue weighted by Crippen LogP contribution is -2.50. The number of piperidine rings is 1. The van der Waals surface area contributed by atoms with Crippen molar-refractivity contribution in [3.05, 3.63) is 66.2 Å². The second-order valence-corrected chi connectivity index (χ2v) is 9.91. The highest BCUT2D eigenvalue weighted by atomic mass is 16.2. The minimum Gasteiger partial charge on any atom is -0.341 e. The number of nitrogens with zero attached hydrogens (tertiary/aromatic N) is 3. The highest BCUT2D eigenvalue weighted by molar-refractivity contribution is 5.96. The molecule has 0 saturated carbocycles. The van der Waals surface area contributed by atoms with Gasteiger partial charge in [0, 0.05) is 18.8 Å². The van der Waals surface area contributed by atoms with Gasteiger partial charge in [-0.15, -0.1) is 0 Å². The van der Waals surface area contributed by atoms with Crippen molar-refractivity contribution in [2.24, 2.45) is 5.92 Å². The van der Waals surface area contributed by atoms with Crippen molar-refractivity contribution in [3.8, 4) is 0 Å². The Morgan fingerprint density at radius 2 is 1.62 bits per heavy atom. The normalized spacial score (nSPS) is 21.4. The number of likely N-dealkylation sites (tertiary alicyclic amines) is 1. The SMILES string of the molecule is CCCCC1(CC)C(=O)N(CC(=O)N2CCC(Cc3ccccc3)CC2)CN1c1ccccc1. The molecule has 0 radical (unpaired) electrons. The standard InChI is InChI=1S/C29H39N3O2/c1-3-5-18-29(4-2)28(34)31(23-32(29)26-14-10-7-11-15-26)22-27(33)30-19-16-25(17-20-30)21-24-12-8-6-9-13-24/h6-15,25H,3-5,16-23H2,1-2H3. The molecule has 2 aliphatic rings. The maximum Gasteiger partial charge on any atom is 0.250 e. The van der Waals surface area contributed by atoms with Crippen LogP contribution >= 0.6 is 0 Å². The Balaban J connectivity index is 1.40. The third-order valence-electron chi connectivity index (χ3n) is 7.77. The average Bonchev–Trinajstić information content (AvgIpc) is 3.15. The highest BCUT2D eigenvalue weighted by Gasteiger charge is 2.51. The van der Waals surface area contributed by atoms with Gasteiger partial charge >= 0.3 is 0 Å². The van der Waals surface area contributed by atoms with Crippen LogP contribution in [-0.2, 0) is 16.0 Å². The van der Waals surface area contributed by atoms with Gasteiger partial charge in [0.2, 0.25) is 11.8 Å². The van der Waals surface area contributed by atoms with E-state index in [4.69, 9.17) is 0 Å². The van der Waals surface area contributed by atoms with Crippen molar-refractivity contribution in [1.82, 2.24) is 9.80 Å². The maximum atomic E-state index is 13.7. The fourth-order valence-electron chi connectivity index (χ4n) is 5.67. The first-order chi connectivity index (χ1) is 16.6. The zero-order valence-electron chi connectivity index (χ0n) is 20.8. The quantitative estimate of drug-likeness (QED) is 0.521. The Morgan fingerprint density at radius 1 is 0.971 bits per heavy atom. The Hall–Kier alpha value is -2.82. The zero-order valence-corrected chi connectivity index (χ0v) is 20.8. The van der Waals surface area contributed by atoms with Gasteiger partial charge in [0.05, 0.1) is 6.67 Å². The number of amides is 2. The smallest absolute Gasteiger partial charge is 0.250 e. The molecule has 5 heteroatoms. The number of unbranched alkanes of at least 4 members (excludes halogenated alkanes) is 1. The van der Waals surface area contributed by atoms with E-state index in [0.29, 0.717) is 12.6 Å². The first kappa shape index (κ1) is 24.3. The molecule has 0 aromatic heterocycles. The Bertz CT molecular complexity index is 940. The molecule has 2 heterocycles. The molecular weight excluding hydrogens is 422 g/mol. The largest absolute Gasteiger partial charge is 0.341 e. The molecule has 0 N–H and O–H groups in total. The predicted molar refractivity (Wildman–Crippen MR) is 137 cm³/mol. The molecule has 0 aliphatic carbocycles. The van der Waals surface area contributed by atoms with Crippen LogP contribution in [0.3, 0.4) is 0 Å². The molecule has 182 valence electrons. The molecule has 2 aromatic carbocycles. The molecule has 5 nitrogen and oxygen atoms in total. The lowest BCUT2D eigenvalue weighted by Gasteiger charge is -2.36. The molecule has 2 saturated heterocycles. The van der Waals surface area contributed by atoms with E-state index in [9.17, 15) is 9.59 Å². The molecule has 34 heavy (non-hydrogen) atoms. The summed E-state index contributed by atoms with van der Waals surface area (Å²) in [5.74, 6) is 0.816. The van der Waals surface area contributed by atoms with Crippen LogP contribution in [-0.4, -0.2) is 53.5 Å². The molecule has 2 aromatic rings. The highest BCUT2D eigenvalue weighted by Crippen LogP contribution is 2.38. The molecule has 1 atom stereocenters. The molecule has 0 bridgehead atoms. The topological polar surface area (TPSA) is 43.9 Å². The number of hydrogen-bond acceptors (Lipinski definition) is 3. The van der Waals surface area contributed by atoms with Crippen LogP contribution in [0.5, 0.6) is 0 Å². The summed E-state index contributed by atoms with van der Waals surface area (Å²) in [7, 11) is 0. The van der Waals surface area contributed by atoms with Crippen LogP contribution in [0.2, 0.25) is 0 Å². The van der Waals surface area contributed by atoms with Crippen LogP contribution in [0.25, 0.3) is 0 Å². The van der Waals surface area contributed by atoms with E-state index in [1.165, 1.54) is 5.56 Å². The minimum atomic E-state index is -0.555. The fraction of sp³-hybridized carbons (Fsp3) is 0.517. The van der Waals surface area contributed by atoms with Crippen LogP contribution < -0.4 is 4.90 Å². The summed E-state index contributed by atoms with van der Waals surface area (Å²) in [5, 5.41) is 0. The first-order valence-corrected chi connectivity index (χ1v) is 13.0. The second-order valence-electron chi connectivity index (χ2n) is 9.91. The van der Waals surface area contributed by atoms with Crippen LogP contribution in [0.15, 0.2) is 60.7 Å². The molecule has 2 amide bonds. The average molecular weight is 462 g/mol. The van der Waals surface area contributed by atoms with E-state index in [1.807, 2.05) is 23.1 Å². The minimum absolute atomic E-state index is 0.0851. The van der Waals surface area contributed by atoms with Crippen molar-refractivity contribution < 1.29 is 9.59 Å². The monoisotopic (exact) mass is 461 g/mol. The van der Waals surface area contributed by atoms with Gasteiger partial charge in [0.15, 0.2) is 0 Å². The van der Waals surface area contributed by atoms with Gasteiger partial charge in [-0.2, -0.15) is 0 Å². The van der Waals surface area contributed by atoms with Crippen LogP contribution in [0.1, 0.15) is 57.9 Å². The molecule has 0 spiro atoms. The maximum absolute atomic E-state index is 13.7. The lowest BCUT2D eigenvalue weighted by molar-refractivity contribution is -0.141. The number of carbonyl (C=O) groups is 2. The van der Waals surface area contributed by atoms with Crippen molar-refractivity contribution >= 4 is 17.5 Å². The van der Waals surface area contributed by atoms with Gasteiger partial charge < -0.3 is 14.7 Å². The predicted octanol–water partition coefficient (Wildman–Crippen LogP) is 5.11.